The Bertz CT molecular complexity index is 954. The van der Waals surface area contributed by atoms with E-state index in [1.54, 1.807) is 66.7 Å². The molecule has 27 heavy (non-hydrogen) atoms. The summed E-state index contributed by atoms with van der Waals surface area (Å²) in [7, 11) is 1.52. The highest BCUT2D eigenvalue weighted by atomic mass is 16.5. The van der Waals surface area contributed by atoms with Crippen LogP contribution >= 0.6 is 0 Å². The lowest BCUT2D eigenvalue weighted by molar-refractivity contribution is 0.101. The first kappa shape index (κ1) is 18.0. The van der Waals surface area contributed by atoms with E-state index < -0.39 is 0 Å². The minimum Gasteiger partial charge on any atom is -0.495 e. The average molecular weight is 361 g/mol. The summed E-state index contributed by atoms with van der Waals surface area (Å²) in [5.41, 5.74) is 8.46. The largest absolute Gasteiger partial charge is 0.495 e. The van der Waals surface area contributed by atoms with Crippen molar-refractivity contribution in [3.05, 3.63) is 83.9 Å². The number of anilines is 3. The molecule has 3 aromatic rings. The minimum atomic E-state index is -0.287. The Balaban J connectivity index is 1.64. The number of methoxy groups -OCH3 is 1. The Kier molecular flexibility index (Phi) is 5.37. The molecule has 6 nitrogen and oxygen atoms in total. The summed E-state index contributed by atoms with van der Waals surface area (Å²) < 4.78 is 5.08. The van der Waals surface area contributed by atoms with Gasteiger partial charge in [-0.25, -0.2) is 0 Å². The zero-order chi connectivity index (χ0) is 19.2. The van der Waals surface area contributed by atoms with E-state index in [0.29, 0.717) is 33.9 Å². The molecule has 0 fully saturated rings. The zero-order valence-electron chi connectivity index (χ0n) is 14.7. The van der Waals surface area contributed by atoms with E-state index in [-0.39, 0.29) is 11.8 Å². The lowest BCUT2D eigenvalue weighted by atomic mass is 10.1. The van der Waals surface area contributed by atoms with Crippen LogP contribution in [-0.4, -0.2) is 18.9 Å². The van der Waals surface area contributed by atoms with Crippen molar-refractivity contribution < 1.29 is 14.3 Å². The third-order valence-corrected chi connectivity index (χ3v) is 3.93. The van der Waals surface area contributed by atoms with Gasteiger partial charge in [0.15, 0.2) is 0 Å². The molecule has 0 radical (unpaired) electrons. The third kappa shape index (κ3) is 4.43. The molecule has 0 spiro atoms. The second-order valence-electron chi connectivity index (χ2n) is 5.81. The van der Waals surface area contributed by atoms with Crippen molar-refractivity contribution in [1.29, 1.82) is 0 Å². The number of nitrogens with one attached hydrogen (secondary N) is 2. The van der Waals surface area contributed by atoms with E-state index in [1.165, 1.54) is 7.11 Å². The fourth-order valence-corrected chi connectivity index (χ4v) is 2.51. The first-order valence-electron chi connectivity index (χ1n) is 8.28. The van der Waals surface area contributed by atoms with Crippen LogP contribution in [0.15, 0.2) is 72.8 Å². The molecule has 0 aromatic heterocycles. The molecule has 0 unspecified atom stereocenters. The SMILES string of the molecule is COc1ccc(C(=O)Nc2ccc(NC(=O)c3ccccc3)cc2)cc1N. The number of amides is 2. The van der Waals surface area contributed by atoms with Gasteiger partial charge in [-0.1, -0.05) is 18.2 Å². The monoisotopic (exact) mass is 361 g/mol. The van der Waals surface area contributed by atoms with Crippen molar-refractivity contribution in [1.82, 2.24) is 0 Å². The van der Waals surface area contributed by atoms with Crippen LogP contribution in [0.2, 0.25) is 0 Å². The van der Waals surface area contributed by atoms with Crippen LogP contribution in [-0.2, 0) is 0 Å². The van der Waals surface area contributed by atoms with Gasteiger partial charge in [-0.2, -0.15) is 0 Å². The first-order valence-corrected chi connectivity index (χ1v) is 8.28. The molecular formula is C21H19N3O3. The number of nitrogens with two attached hydrogens (primary N) is 1. The second-order valence-corrected chi connectivity index (χ2v) is 5.81. The predicted molar refractivity (Wildman–Crippen MR) is 106 cm³/mol. The number of benzene rings is 3. The van der Waals surface area contributed by atoms with Gasteiger partial charge < -0.3 is 21.1 Å². The van der Waals surface area contributed by atoms with Gasteiger partial charge in [0.2, 0.25) is 0 Å². The van der Waals surface area contributed by atoms with Gasteiger partial charge in [0.1, 0.15) is 5.75 Å². The summed E-state index contributed by atoms with van der Waals surface area (Å²) in [6.07, 6.45) is 0. The van der Waals surface area contributed by atoms with E-state index in [1.807, 2.05) is 6.07 Å². The van der Waals surface area contributed by atoms with E-state index in [4.69, 9.17) is 10.5 Å². The number of hydrogen-bond acceptors (Lipinski definition) is 4. The van der Waals surface area contributed by atoms with E-state index in [0.717, 1.165) is 0 Å². The van der Waals surface area contributed by atoms with Crippen LogP contribution in [0.5, 0.6) is 5.75 Å². The maximum atomic E-state index is 12.3. The molecule has 0 saturated heterocycles. The lowest BCUT2D eigenvalue weighted by Gasteiger charge is -2.09. The van der Waals surface area contributed by atoms with Crippen LogP contribution in [0.25, 0.3) is 0 Å². The summed E-state index contributed by atoms with van der Waals surface area (Å²) in [4.78, 5) is 24.5. The zero-order valence-corrected chi connectivity index (χ0v) is 14.7. The normalized spacial score (nSPS) is 10.1. The standard InChI is InChI=1S/C21H19N3O3/c1-27-19-12-7-15(13-18(19)22)21(26)24-17-10-8-16(9-11-17)23-20(25)14-5-3-2-4-6-14/h2-13H,22H2,1H3,(H,23,25)(H,24,26). The van der Waals surface area contributed by atoms with Crippen molar-refractivity contribution in [2.24, 2.45) is 0 Å². The van der Waals surface area contributed by atoms with Crippen molar-refractivity contribution >= 4 is 28.9 Å². The average Bonchev–Trinajstić information content (AvgIpc) is 2.70. The topological polar surface area (TPSA) is 93.5 Å². The molecule has 3 aromatic carbocycles. The molecule has 0 bridgehead atoms. The Morgan fingerprint density at radius 1 is 0.778 bits per heavy atom. The molecule has 0 aliphatic heterocycles. The number of nitrogen functional groups attached to an aromatic ring is 1. The van der Waals surface area contributed by atoms with Gasteiger partial charge in [0.05, 0.1) is 12.8 Å². The Hall–Kier alpha value is -3.80. The molecule has 136 valence electrons. The highest BCUT2D eigenvalue weighted by molar-refractivity contribution is 6.06. The fraction of sp³-hybridized carbons (Fsp3) is 0.0476. The molecular weight excluding hydrogens is 342 g/mol. The maximum Gasteiger partial charge on any atom is 0.255 e. The van der Waals surface area contributed by atoms with Gasteiger partial charge in [-0.15, -0.1) is 0 Å². The Labute approximate surface area is 157 Å². The van der Waals surface area contributed by atoms with Crippen LogP contribution in [0, 0.1) is 0 Å². The molecule has 4 N–H and O–H groups in total. The number of ether oxygens (including phenoxy) is 1. The number of carbonyl (C=O) groups is 2. The van der Waals surface area contributed by atoms with E-state index >= 15 is 0 Å². The second kappa shape index (κ2) is 8.05. The van der Waals surface area contributed by atoms with Gasteiger partial charge >= 0.3 is 0 Å². The maximum absolute atomic E-state index is 12.3. The van der Waals surface area contributed by atoms with Crippen LogP contribution < -0.4 is 21.1 Å². The molecule has 0 heterocycles. The smallest absolute Gasteiger partial charge is 0.255 e. The number of rotatable bonds is 5. The third-order valence-electron chi connectivity index (χ3n) is 3.93. The quantitative estimate of drug-likeness (QED) is 0.603. The van der Waals surface area contributed by atoms with E-state index in [9.17, 15) is 9.59 Å². The van der Waals surface area contributed by atoms with Crippen molar-refractivity contribution in [3.63, 3.8) is 0 Å². The van der Waals surface area contributed by atoms with Gasteiger partial charge in [0, 0.05) is 22.5 Å². The van der Waals surface area contributed by atoms with Crippen LogP contribution in [0.3, 0.4) is 0 Å². The molecule has 6 heteroatoms. The van der Waals surface area contributed by atoms with Gasteiger partial charge in [-0.05, 0) is 54.6 Å². The molecule has 3 rings (SSSR count). The highest BCUT2D eigenvalue weighted by Gasteiger charge is 2.10. The predicted octanol–water partition coefficient (Wildman–Crippen LogP) is 3.78. The Morgan fingerprint density at radius 2 is 1.33 bits per heavy atom. The number of hydrogen-bond donors (Lipinski definition) is 3. The molecule has 0 aliphatic carbocycles. The number of carbonyl (C=O) groups excluding carboxylic acids is 2. The minimum absolute atomic E-state index is 0.193. The van der Waals surface area contributed by atoms with Crippen LogP contribution in [0.1, 0.15) is 20.7 Å². The first-order chi connectivity index (χ1) is 13.1. The van der Waals surface area contributed by atoms with Crippen molar-refractivity contribution in [2.45, 2.75) is 0 Å². The molecule has 0 atom stereocenters. The summed E-state index contributed by atoms with van der Waals surface area (Å²) >= 11 is 0. The van der Waals surface area contributed by atoms with Crippen molar-refractivity contribution in [3.8, 4) is 5.75 Å². The summed E-state index contributed by atoms with van der Waals surface area (Å²) in [5, 5.41) is 5.60. The lowest BCUT2D eigenvalue weighted by Crippen LogP contribution is -2.13. The van der Waals surface area contributed by atoms with Crippen LogP contribution in [0.4, 0.5) is 17.1 Å². The highest BCUT2D eigenvalue weighted by Crippen LogP contribution is 2.23. The molecule has 2 amide bonds. The summed E-state index contributed by atoms with van der Waals surface area (Å²) in [5.74, 6) is 0.0385. The Morgan fingerprint density at radius 3 is 1.85 bits per heavy atom. The summed E-state index contributed by atoms with van der Waals surface area (Å²) in [6, 6.07) is 20.7. The summed E-state index contributed by atoms with van der Waals surface area (Å²) in [6.45, 7) is 0. The fourth-order valence-electron chi connectivity index (χ4n) is 2.51. The van der Waals surface area contributed by atoms with Gasteiger partial charge in [-0.3, -0.25) is 9.59 Å². The molecule has 0 aliphatic rings. The molecule has 0 saturated carbocycles. The van der Waals surface area contributed by atoms with Gasteiger partial charge in [0.25, 0.3) is 11.8 Å². The van der Waals surface area contributed by atoms with Crippen molar-refractivity contribution in [2.75, 3.05) is 23.5 Å². The van der Waals surface area contributed by atoms with E-state index in [2.05, 4.69) is 10.6 Å².